The summed E-state index contributed by atoms with van der Waals surface area (Å²) in [5.74, 6) is 2.37. The van der Waals surface area contributed by atoms with Gasteiger partial charge in [-0.1, -0.05) is 24.3 Å². The van der Waals surface area contributed by atoms with Gasteiger partial charge in [-0.15, -0.1) is 0 Å². The van der Waals surface area contributed by atoms with Gasteiger partial charge in [0.1, 0.15) is 6.10 Å². The summed E-state index contributed by atoms with van der Waals surface area (Å²) in [6.07, 6.45) is 12.2. The molecule has 41 heavy (non-hydrogen) atoms. The number of carbonyl (C=O) groups is 2. The predicted octanol–water partition coefficient (Wildman–Crippen LogP) is 6.03. The van der Waals surface area contributed by atoms with Gasteiger partial charge in [-0.3, -0.25) is 4.79 Å². The molecule has 9 heteroatoms. The standard InChI is InChI=1S/C32H40O9/c1-35-26-17-16-23(14-15-24-21-28(36-2)32(38-4)29(22-24)37-3)20-27(26)39-19-9-13-30(33)40-18-7-5-6-10-25-11-8-12-31(34)41-25/h8,12,14-17,20-22,25H,5-7,9-11,13,18-19H2,1-4H3/b15-14-/t25-/m1/s1. The molecule has 9 nitrogen and oxygen atoms in total. The Morgan fingerprint density at radius 2 is 1.54 bits per heavy atom. The van der Waals surface area contributed by atoms with E-state index in [1.54, 1.807) is 28.4 Å². The zero-order chi connectivity index (χ0) is 29.5. The zero-order valence-electron chi connectivity index (χ0n) is 24.3. The molecule has 0 bridgehead atoms. The number of hydrogen-bond acceptors (Lipinski definition) is 9. The predicted molar refractivity (Wildman–Crippen MR) is 156 cm³/mol. The minimum Gasteiger partial charge on any atom is -0.493 e. The van der Waals surface area contributed by atoms with Crippen LogP contribution in [0.5, 0.6) is 28.7 Å². The molecule has 0 aliphatic carbocycles. The Bertz CT molecular complexity index is 1180. The number of esters is 2. The van der Waals surface area contributed by atoms with E-state index in [0.29, 0.717) is 48.4 Å². The summed E-state index contributed by atoms with van der Waals surface area (Å²) in [4.78, 5) is 23.4. The van der Waals surface area contributed by atoms with Gasteiger partial charge in [0, 0.05) is 18.9 Å². The number of hydrogen-bond donors (Lipinski definition) is 0. The van der Waals surface area contributed by atoms with E-state index in [1.807, 2.05) is 48.6 Å². The van der Waals surface area contributed by atoms with Gasteiger partial charge in [-0.2, -0.15) is 0 Å². The van der Waals surface area contributed by atoms with E-state index in [-0.39, 0.29) is 24.5 Å². The molecule has 0 radical (unpaired) electrons. The number of ether oxygens (including phenoxy) is 7. The van der Waals surface area contributed by atoms with Gasteiger partial charge in [0.25, 0.3) is 0 Å². The number of carbonyl (C=O) groups excluding carboxylic acids is 2. The van der Waals surface area contributed by atoms with Crippen LogP contribution in [-0.2, 0) is 19.1 Å². The quantitative estimate of drug-likeness (QED) is 0.129. The molecule has 0 unspecified atom stereocenters. The fourth-order valence-electron chi connectivity index (χ4n) is 4.35. The molecule has 0 spiro atoms. The third kappa shape index (κ3) is 10.1. The molecule has 1 heterocycles. The SMILES string of the molecule is COc1ccc(/C=C\c2cc(OC)c(OC)c(OC)c2)cc1OCCCC(=O)OCCCCC[C@@H]1CC=CC(=O)O1. The van der Waals surface area contributed by atoms with Crippen molar-refractivity contribution in [3.05, 3.63) is 53.6 Å². The average Bonchev–Trinajstić information content (AvgIpc) is 2.99. The molecule has 1 aliphatic heterocycles. The molecular formula is C32H40O9. The van der Waals surface area contributed by atoms with Gasteiger partial charge < -0.3 is 33.2 Å². The second-order valence-electron chi connectivity index (χ2n) is 9.42. The fourth-order valence-corrected chi connectivity index (χ4v) is 4.35. The van der Waals surface area contributed by atoms with Crippen LogP contribution in [0.2, 0.25) is 0 Å². The van der Waals surface area contributed by atoms with E-state index in [2.05, 4.69) is 0 Å². The molecule has 0 saturated carbocycles. The monoisotopic (exact) mass is 568 g/mol. The second kappa shape index (κ2) is 16.8. The van der Waals surface area contributed by atoms with Crippen molar-refractivity contribution >= 4 is 24.1 Å². The molecule has 0 fully saturated rings. The third-order valence-corrected chi connectivity index (χ3v) is 6.49. The van der Waals surface area contributed by atoms with E-state index in [4.69, 9.17) is 33.2 Å². The van der Waals surface area contributed by atoms with Crippen LogP contribution in [0.25, 0.3) is 12.2 Å². The van der Waals surface area contributed by atoms with Crippen molar-refractivity contribution < 1.29 is 42.7 Å². The summed E-state index contributed by atoms with van der Waals surface area (Å²) < 4.78 is 38.2. The highest BCUT2D eigenvalue weighted by molar-refractivity contribution is 5.82. The topological polar surface area (TPSA) is 98.8 Å². The molecule has 0 saturated heterocycles. The summed E-state index contributed by atoms with van der Waals surface area (Å²) >= 11 is 0. The molecule has 1 atom stereocenters. The second-order valence-corrected chi connectivity index (χ2v) is 9.42. The van der Waals surface area contributed by atoms with Crippen LogP contribution in [-0.4, -0.2) is 59.7 Å². The van der Waals surface area contributed by atoms with Crippen LogP contribution in [0.3, 0.4) is 0 Å². The highest BCUT2D eigenvalue weighted by Crippen LogP contribution is 2.38. The first-order chi connectivity index (χ1) is 20.0. The zero-order valence-corrected chi connectivity index (χ0v) is 24.3. The summed E-state index contributed by atoms with van der Waals surface area (Å²) in [6, 6.07) is 9.39. The Kier molecular flexibility index (Phi) is 12.9. The van der Waals surface area contributed by atoms with Crippen molar-refractivity contribution in [2.24, 2.45) is 0 Å². The van der Waals surface area contributed by atoms with Crippen LogP contribution in [0.15, 0.2) is 42.5 Å². The Labute approximate surface area is 242 Å². The van der Waals surface area contributed by atoms with Gasteiger partial charge in [-0.05, 0) is 67.5 Å². The van der Waals surface area contributed by atoms with Crippen molar-refractivity contribution in [1.82, 2.24) is 0 Å². The Morgan fingerprint density at radius 1 is 0.829 bits per heavy atom. The first-order valence-electron chi connectivity index (χ1n) is 13.8. The highest BCUT2D eigenvalue weighted by Gasteiger charge is 2.15. The lowest BCUT2D eigenvalue weighted by molar-refractivity contribution is -0.145. The average molecular weight is 569 g/mol. The molecule has 0 N–H and O–H groups in total. The molecule has 222 valence electrons. The van der Waals surface area contributed by atoms with Crippen LogP contribution in [0.1, 0.15) is 56.1 Å². The molecule has 2 aromatic rings. The number of unbranched alkanes of at least 4 members (excludes halogenated alkanes) is 2. The molecule has 3 rings (SSSR count). The molecule has 0 aromatic heterocycles. The summed E-state index contributed by atoms with van der Waals surface area (Å²) in [5, 5.41) is 0. The third-order valence-electron chi connectivity index (χ3n) is 6.49. The van der Waals surface area contributed by atoms with E-state index < -0.39 is 0 Å². The molecule has 1 aliphatic rings. The molecular weight excluding hydrogens is 528 g/mol. The Balaban J connectivity index is 1.41. The molecule has 0 amide bonds. The fraction of sp³-hybridized carbons (Fsp3) is 0.438. The normalized spacial score (nSPS) is 14.4. The van der Waals surface area contributed by atoms with E-state index in [9.17, 15) is 9.59 Å². The maximum absolute atomic E-state index is 12.1. The number of cyclic esters (lactones) is 1. The first kappa shape index (κ1) is 31.4. The maximum Gasteiger partial charge on any atom is 0.330 e. The van der Waals surface area contributed by atoms with Gasteiger partial charge in [-0.25, -0.2) is 4.79 Å². The van der Waals surface area contributed by atoms with Crippen molar-refractivity contribution in [3.8, 4) is 28.7 Å². The lowest BCUT2D eigenvalue weighted by Crippen LogP contribution is -2.19. The van der Waals surface area contributed by atoms with Crippen LogP contribution < -0.4 is 23.7 Å². The smallest absolute Gasteiger partial charge is 0.330 e. The number of rotatable bonds is 17. The number of benzene rings is 2. The van der Waals surface area contributed by atoms with Gasteiger partial charge in [0.05, 0.1) is 41.7 Å². The summed E-state index contributed by atoms with van der Waals surface area (Å²) in [6.45, 7) is 0.734. The van der Waals surface area contributed by atoms with E-state index in [1.165, 1.54) is 6.08 Å². The van der Waals surface area contributed by atoms with Crippen LogP contribution in [0.4, 0.5) is 0 Å². The Hall–Kier alpha value is -4.14. The van der Waals surface area contributed by atoms with Gasteiger partial charge >= 0.3 is 11.9 Å². The van der Waals surface area contributed by atoms with Crippen LogP contribution >= 0.6 is 0 Å². The van der Waals surface area contributed by atoms with Crippen molar-refractivity contribution in [2.75, 3.05) is 41.7 Å². The van der Waals surface area contributed by atoms with Gasteiger partial charge in [0.2, 0.25) is 5.75 Å². The van der Waals surface area contributed by atoms with Gasteiger partial charge in [0.15, 0.2) is 23.0 Å². The minimum atomic E-state index is -0.269. The lowest BCUT2D eigenvalue weighted by atomic mass is 10.1. The summed E-state index contributed by atoms with van der Waals surface area (Å²) in [5.41, 5.74) is 1.79. The summed E-state index contributed by atoms with van der Waals surface area (Å²) in [7, 11) is 6.32. The Morgan fingerprint density at radius 3 is 2.22 bits per heavy atom. The first-order valence-corrected chi connectivity index (χ1v) is 13.8. The number of methoxy groups -OCH3 is 4. The maximum atomic E-state index is 12.1. The molecule has 2 aromatic carbocycles. The largest absolute Gasteiger partial charge is 0.493 e. The van der Waals surface area contributed by atoms with Crippen molar-refractivity contribution in [3.63, 3.8) is 0 Å². The van der Waals surface area contributed by atoms with Crippen molar-refractivity contribution in [1.29, 1.82) is 0 Å². The minimum absolute atomic E-state index is 0.0351. The lowest BCUT2D eigenvalue weighted by Gasteiger charge is -2.18. The van der Waals surface area contributed by atoms with Crippen molar-refractivity contribution in [2.45, 2.75) is 51.0 Å². The van der Waals surface area contributed by atoms with Crippen LogP contribution in [0, 0.1) is 0 Å². The van der Waals surface area contributed by atoms with E-state index in [0.717, 1.165) is 43.2 Å². The van der Waals surface area contributed by atoms with E-state index >= 15 is 0 Å². The highest BCUT2D eigenvalue weighted by atomic mass is 16.5.